The number of aromatic nitrogens is 1. The highest BCUT2D eigenvalue weighted by atomic mass is 79.9. The van der Waals surface area contributed by atoms with Crippen molar-refractivity contribution >= 4 is 21.8 Å². The van der Waals surface area contributed by atoms with Crippen LogP contribution in [0.1, 0.15) is 35.1 Å². The number of hydrogen-bond acceptors (Lipinski definition) is 4. The molecular weight excluding hydrogens is 372 g/mol. The Labute approximate surface area is 147 Å². The van der Waals surface area contributed by atoms with E-state index in [0.29, 0.717) is 18.0 Å². The quantitative estimate of drug-likeness (QED) is 0.655. The summed E-state index contributed by atoms with van der Waals surface area (Å²) in [5.41, 5.74) is 1.21. The van der Waals surface area contributed by atoms with Gasteiger partial charge in [-0.2, -0.15) is 0 Å². The second-order valence-electron chi connectivity index (χ2n) is 5.76. The van der Waals surface area contributed by atoms with E-state index in [9.17, 15) is 4.79 Å². The fourth-order valence-corrected chi connectivity index (χ4v) is 3.32. The van der Waals surface area contributed by atoms with Gasteiger partial charge >= 0.3 is 0 Å². The van der Waals surface area contributed by atoms with Crippen LogP contribution in [0.3, 0.4) is 0 Å². The molecule has 1 atom stereocenters. The summed E-state index contributed by atoms with van der Waals surface area (Å²) in [6, 6.07) is 13.1. The van der Waals surface area contributed by atoms with Crippen molar-refractivity contribution in [2.24, 2.45) is 0 Å². The largest absolute Gasteiger partial charge is 0.467 e. The fraction of sp³-hybridized carbons (Fsp3) is 0.222. The van der Waals surface area contributed by atoms with Crippen LogP contribution < -0.4 is 0 Å². The average Bonchev–Trinajstić information content (AvgIpc) is 3.34. The normalized spacial score (nSPS) is 17.4. The van der Waals surface area contributed by atoms with Gasteiger partial charge in [0.1, 0.15) is 5.76 Å². The van der Waals surface area contributed by atoms with Crippen LogP contribution in [0, 0.1) is 0 Å². The summed E-state index contributed by atoms with van der Waals surface area (Å²) in [5, 5.41) is 3.97. The van der Waals surface area contributed by atoms with Crippen molar-refractivity contribution in [1.29, 1.82) is 0 Å². The van der Waals surface area contributed by atoms with Crippen LogP contribution >= 0.6 is 15.9 Å². The summed E-state index contributed by atoms with van der Waals surface area (Å²) in [7, 11) is 0. The summed E-state index contributed by atoms with van der Waals surface area (Å²) < 4.78 is 11.8. The van der Waals surface area contributed by atoms with E-state index in [1.165, 1.54) is 0 Å². The molecule has 3 aromatic rings. The molecule has 1 amide bonds. The Balaban J connectivity index is 1.57. The molecule has 0 N–H and O–H groups in total. The van der Waals surface area contributed by atoms with Crippen LogP contribution in [-0.4, -0.2) is 22.5 Å². The van der Waals surface area contributed by atoms with E-state index in [1.54, 1.807) is 12.3 Å². The smallest absolute Gasteiger partial charge is 0.276 e. The number of hydrogen-bond donors (Lipinski definition) is 0. The van der Waals surface area contributed by atoms with Crippen LogP contribution in [0.5, 0.6) is 0 Å². The van der Waals surface area contributed by atoms with Crippen molar-refractivity contribution in [3.8, 4) is 11.3 Å². The van der Waals surface area contributed by atoms with Gasteiger partial charge in [0.05, 0.1) is 12.3 Å². The lowest BCUT2D eigenvalue weighted by Crippen LogP contribution is -2.30. The maximum atomic E-state index is 12.8. The SMILES string of the molecule is O=C(c1cc(-c2ccc(Br)cc2)on1)N1CCCC1c1ccco1. The third-order valence-electron chi connectivity index (χ3n) is 4.24. The minimum atomic E-state index is -0.124. The zero-order valence-corrected chi connectivity index (χ0v) is 14.4. The molecule has 1 fully saturated rings. The van der Waals surface area contributed by atoms with Crippen molar-refractivity contribution in [2.45, 2.75) is 18.9 Å². The van der Waals surface area contributed by atoms with E-state index in [4.69, 9.17) is 8.94 Å². The fourth-order valence-electron chi connectivity index (χ4n) is 3.06. The highest BCUT2D eigenvalue weighted by Gasteiger charge is 2.33. The topological polar surface area (TPSA) is 59.5 Å². The molecule has 0 aliphatic carbocycles. The van der Waals surface area contributed by atoms with E-state index in [-0.39, 0.29) is 11.9 Å². The Hall–Kier alpha value is -2.34. The predicted octanol–water partition coefficient (Wildman–Crippen LogP) is 4.67. The van der Waals surface area contributed by atoms with Gasteiger partial charge in [-0.15, -0.1) is 0 Å². The molecule has 5 nitrogen and oxygen atoms in total. The zero-order valence-electron chi connectivity index (χ0n) is 12.8. The van der Waals surface area contributed by atoms with Crippen molar-refractivity contribution in [3.05, 3.63) is 64.7 Å². The third kappa shape index (κ3) is 2.78. The van der Waals surface area contributed by atoms with Crippen LogP contribution in [0.25, 0.3) is 11.3 Å². The highest BCUT2D eigenvalue weighted by molar-refractivity contribution is 9.10. The number of likely N-dealkylation sites (tertiary alicyclic amines) is 1. The van der Waals surface area contributed by atoms with Crippen molar-refractivity contribution in [1.82, 2.24) is 10.1 Å². The standard InChI is InChI=1S/C18H15BrN2O3/c19-13-7-5-12(6-8-13)17-11-14(20-24-17)18(22)21-9-1-3-15(21)16-4-2-10-23-16/h2,4-8,10-11,15H,1,3,9H2. The molecule has 4 rings (SSSR count). The van der Waals surface area contributed by atoms with Gasteiger partial charge in [-0.3, -0.25) is 4.79 Å². The summed E-state index contributed by atoms with van der Waals surface area (Å²) in [6.07, 6.45) is 3.49. The van der Waals surface area contributed by atoms with Gasteiger partial charge < -0.3 is 13.8 Å². The van der Waals surface area contributed by atoms with Crippen LogP contribution in [0.4, 0.5) is 0 Å². The minimum Gasteiger partial charge on any atom is -0.467 e. The second-order valence-corrected chi connectivity index (χ2v) is 6.67. The Bertz CT molecular complexity index is 840. The van der Waals surface area contributed by atoms with Gasteiger partial charge in [0.25, 0.3) is 5.91 Å². The first-order valence-corrected chi connectivity index (χ1v) is 8.59. The lowest BCUT2D eigenvalue weighted by molar-refractivity contribution is 0.0709. The predicted molar refractivity (Wildman–Crippen MR) is 91.4 cm³/mol. The molecular formula is C18H15BrN2O3. The van der Waals surface area contributed by atoms with Gasteiger partial charge in [0, 0.05) is 22.6 Å². The highest BCUT2D eigenvalue weighted by Crippen LogP contribution is 2.33. The molecule has 0 saturated carbocycles. The molecule has 0 radical (unpaired) electrons. The molecule has 1 saturated heterocycles. The van der Waals surface area contributed by atoms with E-state index in [2.05, 4.69) is 21.1 Å². The number of benzene rings is 1. The Kier molecular flexibility index (Phi) is 3.98. The van der Waals surface area contributed by atoms with Crippen LogP contribution in [0.15, 0.2) is 62.1 Å². The maximum Gasteiger partial charge on any atom is 0.276 e. The first kappa shape index (κ1) is 15.2. The van der Waals surface area contributed by atoms with E-state index < -0.39 is 0 Å². The minimum absolute atomic E-state index is 0.0275. The lowest BCUT2D eigenvalue weighted by atomic mass is 10.1. The van der Waals surface area contributed by atoms with Crippen molar-refractivity contribution in [2.75, 3.05) is 6.54 Å². The number of furan rings is 1. The number of nitrogens with zero attached hydrogens (tertiary/aromatic N) is 2. The molecule has 1 aliphatic rings. The van der Waals surface area contributed by atoms with Gasteiger partial charge in [0.2, 0.25) is 0 Å². The summed E-state index contributed by atoms with van der Waals surface area (Å²) in [6.45, 7) is 0.699. The van der Waals surface area contributed by atoms with E-state index in [1.807, 2.05) is 41.3 Å². The van der Waals surface area contributed by atoms with Crippen LogP contribution in [-0.2, 0) is 0 Å². The molecule has 1 unspecified atom stereocenters. The maximum absolute atomic E-state index is 12.8. The molecule has 1 aliphatic heterocycles. The first-order valence-electron chi connectivity index (χ1n) is 7.79. The zero-order chi connectivity index (χ0) is 16.5. The third-order valence-corrected chi connectivity index (χ3v) is 4.77. The number of halogens is 1. The number of amides is 1. The van der Waals surface area contributed by atoms with Crippen molar-refractivity contribution in [3.63, 3.8) is 0 Å². The lowest BCUT2D eigenvalue weighted by Gasteiger charge is -2.21. The molecule has 0 bridgehead atoms. The van der Waals surface area contributed by atoms with Gasteiger partial charge in [-0.05, 0) is 37.1 Å². The van der Waals surface area contributed by atoms with Crippen LogP contribution in [0.2, 0.25) is 0 Å². The first-order chi connectivity index (χ1) is 11.7. The summed E-state index contributed by atoms with van der Waals surface area (Å²) in [4.78, 5) is 14.6. The molecule has 6 heteroatoms. The van der Waals surface area contributed by atoms with Gasteiger partial charge in [-0.25, -0.2) is 0 Å². The Morgan fingerprint density at radius 3 is 2.83 bits per heavy atom. The van der Waals surface area contributed by atoms with Gasteiger partial charge in [0.15, 0.2) is 11.5 Å². The van der Waals surface area contributed by atoms with E-state index >= 15 is 0 Å². The molecule has 1 aromatic carbocycles. The molecule has 2 aromatic heterocycles. The second kappa shape index (κ2) is 6.28. The number of carbonyl (C=O) groups is 1. The molecule has 122 valence electrons. The summed E-state index contributed by atoms with van der Waals surface area (Å²) in [5.74, 6) is 1.28. The Morgan fingerprint density at radius 2 is 2.08 bits per heavy atom. The molecule has 24 heavy (non-hydrogen) atoms. The van der Waals surface area contributed by atoms with E-state index in [0.717, 1.165) is 28.6 Å². The number of rotatable bonds is 3. The number of carbonyl (C=O) groups excluding carboxylic acids is 1. The average molecular weight is 387 g/mol. The molecule has 3 heterocycles. The monoisotopic (exact) mass is 386 g/mol. The Morgan fingerprint density at radius 1 is 1.25 bits per heavy atom. The molecule has 0 spiro atoms. The van der Waals surface area contributed by atoms with Crippen molar-refractivity contribution < 1.29 is 13.7 Å². The summed E-state index contributed by atoms with van der Waals surface area (Å²) >= 11 is 3.40. The van der Waals surface area contributed by atoms with Gasteiger partial charge in [-0.1, -0.05) is 33.2 Å².